The summed E-state index contributed by atoms with van der Waals surface area (Å²) in [5.41, 5.74) is 1.15. The molecule has 0 unspecified atom stereocenters. The van der Waals surface area contributed by atoms with Gasteiger partial charge >= 0.3 is 0 Å². The molecule has 3 N–H and O–H groups in total. The number of benzene rings is 2. The molecule has 2 amide bonds. The number of carbonyl (C=O) groups is 2. The Balaban J connectivity index is 1.73. The zero-order chi connectivity index (χ0) is 26.3. The molecule has 0 aliphatic rings. The van der Waals surface area contributed by atoms with E-state index in [-0.39, 0.29) is 5.91 Å². The zero-order valence-corrected chi connectivity index (χ0v) is 22.4. The molecule has 9 heteroatoms. The minimum absolute atomic E-state index is 0.344. The van der Waals surface area contributed by atoms with Gasteiger partial charge in [0.05, 0.1) is 4.88 Å². The third kappa shape index (κ3) is 7.53. The quantitative estimate of drug-likeness (QED) is 0.314. The first-order chi connectivity index (χ1) is 17.1. The van der Waals surface area contributed by atoms with Gasteiger partial charge in [0.2, 0.25) is 11.8 Å². The van der Waals surface area contributed by atoms with Gasteiger partial charge < -0.3 is 20.5 Å². The number of ether oxygens (including phenoxy) is 1. The molecule has 0 saturated heterocycles. The molecule has 192 valence electrons. The normalized spacial score (nSPS) is 13.1. The van der Waals surface area contributed by atoms with Gasteiger partial charge in [-0.3, -0.25) is 9.59 Å². The maximum atomic E-state index is 13.0. The Morgan fingerprint density at radius 3 is 2.53 bits per heavy atom. The van der Waals surface area contributed by atoms with Gasteiger partial charge in [0.15, 0.2) is 5.13 Å². The van der Waals surface area contributed by atoms with E-state index in [0.717, 1.165) is 21.8 Å². The molecule has 3 aromatic rings. The van der Waals surface area contributed by atoms with Gasteiger partial charge in [0.1, 0.15) is 24.5 Å². The fourth-order valence-corrected chi connectivity index (χ4v) is 4.47. The summed E-state index contributed by atoms with van der Waals surface area (Å²) in [6.07, 6.45) is 1.56. The van der Waals surface area contributed by atoms with Gasteiger partial charge in [-0.1, -0.05) is 81.3 Å². The van der Waals surface area contributed by atoms with Crippen LogP contribution in [0, 0.1) is 5.41 Å². The summed E-state index contributed by atoms with van der Waals surface area (Å²) >= 11 is 7.57. The molecule has 1 aromatic heterocycles. The second-order valence-corrected chi connectivity index (χ2v) is 11.0. The number of halogens is 1. The molecule has 36 heavy (non-hydrogen) atoms. The van der Waals surface area contributed by atoms with Crippen LogP contribution in [0.5, 0.6) is 5.75 Å². The number of carbonyl (C=O) groups excluding carboxylic acids is 2. The summed E-state index contributed by atoms with van der Waals surface area (Å²) in [7, 11) is 0. The summed E-state index contributed by atoms with van der Waals surface area (Å²) in [5.74, 6) is -0.194. The van der Waals surface area contributed by atoms with Crippen molar-refractivity contribution < 1.29 is 19.4 Å². The van der Waals surface area contributed by atoms with Crippen molar-refractivity contribution in [2.75, 3.05) is 5.32 Å². The highest BCUT2D eigenvalue weighted by atomic mass is 35.5. The largest absolute Gasteiger partial charge is 0.489 e. The highest BCUT2D eigenvalue weighted by Crippen LogP contribution is 2.34. The number of amides is 2. The third-order valence-corrected chi connectivity index (χ3v) is 6.67. The fraction of sp³-hybridized carbons (Fsp3) is 0.370. The fourth-order valence-electron chi connectivity index (χ4n) is 3.43. The van der Waals surface area contributed by atoms with Crippen molar-refractivity contribution in [3.8, 4) is 16.2 Å². The number of hydrogen-bond donors (Lipinski definition) is 3. The molecule has 0 spiro atoms. The van der Waals surface area contributed by atoms with Crippen molar-refractivity contribution in [1.29, 1.82) is 0 Å². The predicted octanol–water partition coefficient (Wildman–Crippen LogP) is 5.67. The first-order valence-electron chi connectivity index (χ1n) is 11.8. The van der Waals surface area contributed by atoms with E-state index in [1.165, 1.54) is 11.3 Å². The Kier molecular flexibility index (Phi) is 9.48. The molecule has 0 fully saturated rings. The Bertz CT molecular complexity index is 1180. The molecule has 0 aliphatic carbocycles. The lowest BCUT2D eigenvalue weighted by Gasteiger charge is -2.26. The number of nitrogens with zero attached hydrogens (tertiary/aromatic N) is 1. The van der Waals surface area contributed by atoms with Crippen LogP contribution >= 0.6 is 22.9 Å². The molecule has 0 radical (unpaired) electrons. The lowest BCUT2D eigenvalue weighted by atomic mass is 9.88. The van der Waals surface area contributed by atoms with E-state index in [1.54, 1.807) is 27.0 Å². The van der Waals surface area contributed by atoms with Crippen LogP contribution in [-0.2, 0) is 16.2 Å². The molecule has 1 heterocycles. The van der Waals surface area contributed by atoms with Crippen LogP contribution in [0.3, 0.4) is 0 Å². The molecular weight excluding hydrogens is 498 g/mol. The Morgan fingerprint density at radius 1 is 1.14 bits per heavy atom. The van der Waals surface area contributed by atoms with E-state index in [1.807, 2.05) is 55.5 Å². The highest BCUT2D eigenvalue weighted by molar-refractivity contribution is 7.19. The van der Waals surface area contributed by atoms with Crippen LogP contribution in [-0.4, -0.2) is 34.1 Å². The number of nitrogens with one attached hydrogen (secondary N) is 2. The topological polar surface area (TPSA) is 101 Å². The maximum Gasteiger partial charge on any atom is 0.250 e. The molecule has 0 bridgehead atoms. The zero-order valence-electron chi connectivity index (χ0n) is 20.9. The second kappa shape index (κ2) is 12.3. The molecule has 3 rings (SSSR count). The van der Waals surface area contributed by atoms with Gasteiger partial charge in [0, 0.05) is 16.8 Å². The average Bonchev–Trinajstić information content (AvgIpc) is 3.30. The molecular formula is C27H32ClN3O4S. The number of aliphatic hydroxyl groups is 1. The van der Waals surface area contributed by atoms with Crippen molar-refractivity contribution >= 4 is 39.9 Å². The SMILES string of the molecule is CCC[C@H](NC(=O)[C@@H](O)C(C)(C)C)C(=O)Nc1ncc(-c2cc(Cl)ccc2COc2ccccc2)s1. The van der Waals surface area contributed by atoms with E-state index < -0.39 is 23.5 Å². The van der Waals surface area contributed by atoms with Gasteiger partial charge in [-0.15, -0.1) is 0 Å². The van der Waals surface area contributed by atoms with Crippen LogP contribution in [0.15, 0.2) is 54.7 Å². The van der Waals surface area contributed by atoms with E-state index in [2.05, 4.69) is 15.6 Å². The number of rotatable bonds is 10. The standard InChI is InChI=1S/C27H32ClN3O4S/c1-5-9-21(30-25(34)23(32)27(2,3)4)24(33)31-26-29-15-22(36-26)20-14-18(28)13-12-17(20)16-35-19-10-7-6-8-11-19/h6-8,10-15,21,23,32H,5,9,16H2,1-4H3,(H,30,34)(H,29,31,33)/t21-,23+/m0/s1. The first-order valence-corrected chi connectivity index (χ1v) is 13.0. The number of aliphatic hydroxyl groups excluding tert-OH is 1. The molecule has 2 aromatic carbocycles. The van der Waals surface area contributed by atoms with Crippen molar-refractivity contribution in [1.82, 2.24) is 10.3 Å². The molecule has 7 nitrogen and oxygen atoms in total. The van der Waals surface area contributed by atoms with Crippen LogP contribution in [0.1, 0.15) is 46.1 Å². The van der Waals surface area contributed by atoms with Crippen LogP contribution < -0.4 is 15.4 Å². The molecule has 0 saturated carbocycles. The number of aromatic nitrogens is 1. The van der Waals surface area contributed by atoms with Gasteiger partial charge in [-0.05, 0) is 41.7 Å². The lowest BCUT2D eigenvalue weighted by Crippen LogP contribution is -2.50. The van der Waals surface area contributed by atoms with Gasteiger partial charge in [-0.2, -0.15) is 0 Å². The third-order valence-electron chi connectivity index (χ3n) is 5.49. The average molecular weight is 530 g/mol. The van der Waals surface area contributed by atoms with Gasteiger partial charge in [0.25, 0.3) is 0 Å². The maximum absolute atomic E-state index is 13.0. The minimum Gasteiger partial charge on any atom is -0.489 e. The number of hydrogen-bond acceptors (Lipinski definition) is 6. The summed E-state index contributed by atoms with van der Waals surface area (Å²) in [4.78, 5) is 30.6. The summed E-state index contributed by atoms with van der Waals surface area (Å²) < 4.78 is 5.91. The predicted molar refractivity (Wildman–Crippen MR) is 144 cm³/mol. The summed E-state index contributed by atoms with van der Waals surface area (Å²) in [6.45, 7) is 7.55. The Labute approximate surface area is 220 Å². The van der Waals surface area contributed by atoms with Gasteiger partial charge in [-0.25, -0.2) is 4.98 Å². The van der Waals surface area contributed by atoms with Crippen molar-refractivity contribution in [3.63, 3.8) is 0 Å². The number of anilines is 1. The second-order valence-electron chi connectivity index (χ2n) is 9.54. The van der Waals surface area contributed by atoms with Crippen LogP contribution in [0.25, 0.3) is 10.4 Å². The van der Waals surface area contributed by atoms with E-state index in [0.29, 0.717) is 29.6 Å². The first kappa shape index (κ1) is 27.6. The highest BCUT2D eigenvalue weighted by Gasteiger charge is 2.32. The van der Waals surface area contributed by atoms with Crippen LogP contribution in [0.2, 0.25) is 5.02 Å². The lowest BCUT2D eigenvalue weighted by molar-refractivity contribution is -0.137. The summed E-state index contributed by atoms with van der Waals surface area (Å²) in [6, 6.07) is 14.3. The smallest absolute Gasteiger partial charge is 0.250 e. The number of para-hydroxylation sites is 1. The van der Waals surface area contributed by atoms with Crippen molar-refractivity contribution in [3.05, 3.63) is 65.3 Å². The van der Waals surface area contributed by atoms with E-state index in [4.69, 9.17) is 16.3 Å². The Hall–Kier alpha value is -2.94. The van der Waals surface area contributed by atoms with Crippen molar-refractivity contribution in [2.24, 2.45) is 5.41 Å². The summed E-state index contributed by atoms with van der Waals surface area (Å²) in [5, 5.41) is 16.7. The van der Waals surface area contributed by atoms with E-state index >= 15 is 0 Å². The molecule has 2 atom stereocenters. The number of thiazole rings is 1. The monoisotopic (exact) mass is 529 g/mol. The van der Waals surface area contributed by atoms with Crippen LogP contribution in [0.4, 0.5) is 5.13 Å². The van der Waals surface area contributed by atoms with Crippen molar-refractivity contribution in [2.45, 2.75) is 59.3 Å². The minimum atomic E-state index is -1.23. The molecule has 0 aliphatic heterocycles. The Morgan fingerprint density at radius 2 is 1.86 bits per heavy atom. The van der Waals surface area contributed by atoms with E-state index in [9.17, 15) is 14.7 Å².